The van der Waals surface area contributed by atoms with Crippen molar-refractivity contribution < 1.29 is 9.53 Å². The molecule has 1 aliphatic heterocycles. The molecule has 16 heavy (non-hydrogen) atoms. The van der Waals surface area contributed by atoms with Gasteiger partial charge in [0.2, 0.25) is 5.91 Å². The van der Waals surface area contributed by atoms with Crippen molar-refractivity contribution in [2.24, 2.45) is 0 Å². The largest absolute Gasteiger partial charge is 0.378 e. The molecule has 1 saturated heterocycles. The fourth-order valence-corrected chi connectivity index (χ4v) is 2.13. The maximum atomic E-state index is 11.7. The summed E-state index contributed by atoms with van der Waals surface area (Å²) in [6, 6.07) is 0.782. The summed E-state index contributed by atoms with van der Waals surface area (Å²) in [5, 5.41) is 6.41. The molecule has 0 aromatic rings. The van der Waals surface area contributed by atoms with Crippen LogP contribution in [-0.2, 0) is 9.53 Å². The predicted molar refractivity (Wildman–Crippen MR) is 62.2 cm³/mol. The van der Waals surface area contributed by atoms with Crippen molar-refractivity contribution in [3.8, 4) is 0 Å². The molecule has 2 rings (SSSR count). The zero-order chi connectivity index (χ0) is 11.5. The number of rotatable bonds is 4. The van der Waals surface area contributed by atoms with Crippen molar-refractivity contribution in [1.82, 2.24) is 10.6 Å². The van der Waals surface area contributed by atoms with E-state index in [1.54, 1.807) is 0 Å². The average Bonchev–Trinajstić information content (AvgIpc) is 3.01. The first-order valence-corrected chi connectivity index (χ1v) is 6.33. The van der Waals surface area contributed by atoms with Gasteiger partial charge >= 0.3 is 0 Å². The molecule has 3 unspecified atom stereocenters. The first-order valence-electron chi connectivity index (χ1n) is 6.33. The van der Waals surface area contributed by atoms with Crippen LogP contribution in [0.25, 0.3) is 0 Å². The molecule has 1 saturated carbocycles. The fraction of sp³-hybridized carbons (Fsp3) is 0.917. The highest BCUT2D eigenvalue weighted by atomic mass is 16.5. The SMILES string of the molecule is CC1CC(NC(C)C(=O)NC2CC2)CCO1. The molecular formula is C12H22N2O2. The topological polar surface area (TPSA) is 50.4 Å². The van der Waals surface area contributed by atoms with E-state index >= 15 is 0 Å². The molecule has 2 aliphatic rings. The second-order valence-electron chi connectivity index (χ2n) is 5.07. The highest BCUT2D eigenvalue weighted by molar-refractivity contribution is 5.81. The maximum absolute atomic E-state index is 11.7. The van der Waals surface area contributed by atoms with E-state index in [1.807, 2.05) is 6.92 Å². The number of nitrogens with one attached hydrogen (secondary N) is 2. The molecule has 0 radical (unpaired) electrons. The Hall–Kier alpha value is -0.610. The van der Waals surface area contributed by atoms with Crippen molar-refractivity contribution in [2.75, 3.05) is 6.61 Å². The second kappa shape index (κ2) is 5.15. The van der Waals surface area contributed by atoms with E-state index in [0.717, 1.165) is 32.3 Å². The Kier molecular flexibility index (Phi) is 3.82. The number of hydrogen-bond donors (Lipinski definition) is 2. The highest BCUT2D eigenvalue weighted by Crippen LogP contribution is 2.19. The quantitative estimate of drug-likeness (QED) is 0.746. The van der Waals surface area contributed by atoms with Gasteiger partial charge in [-0.2, -0.15) is 0 Å². The van der Waals surface area contributed by atoms with Crippen molar-refractivity contribution in [2.45, 2.75) is 63.8 Å². The van der Waals surface area contributed by atoms with Crippen molar-refractivity contribution >= 4 is 5.91 Å². The number of ether oxygens (including phenoxy) is 1. The third-order valence-corrected chi connectivity index (χ3v) is 3.29. The lowest BCUT2D eigenvalue weighted by molar-refractivity contribution is -0.123. The molecule has 3 atom stereocenters. The van der Waals surface area contributed by atoms with Crippen LogP contribution in [0.3, 0.4) is 0 Å². The number of hydrogen-bond acceptors (Lipinski definition) is 3. The first-order chi connectivity index (χ1) is 7.65. The molecule has 1 aliphatic carbocycles. The lowest BCUT2D eigenvalue weighted by atomic mass is 10.0. The molecule has 4 heteroatoms. The monoisotopic (exact) mass is 226 g/mol. The summed E-state index contributed by atoms with van der Waals surface area (Å²) in [7, 11) is 0. The molecule has 1 heterocycles. The summed E-state index contributed by atoms with van der Waals surface area (Å²) in [6.07, 6.45) is 4.61. The van der Waals surface area contributed by atoms with E-state index in [1.165, 1.54) is 0 Å². The predicted octanol–water partition coefficient (Wildman–Crippen LogP) is 0.811. The summed E-state index contributed by atoms with van der Waals surface area (Å²) in [6.45, 7) is 4.83. The molecule has 92 valence electrons. The fourth-order valence-electron chi connectivity index (χ4n) is 2.13. The van der Waals surface area contributed by atoms with Crippen LogP contribution in [0, 0.1) is 0 Å². The number of amides is 1. The van der Waals surface area contributed by atoms with Gasteiger partial charge in [0.1, 0.15) is 0 Å². The minimum Gasteiger partial charge on any atom is -0.378 e. The summed E-state index contributed by atoms with van der Waals surface area (Å²) in [5.41, 5.74) is 0. The van der Waals surface area contributed by atoms with Crippen LogP contribution in [0.15, 0.2) is 0 Å². The zero-order valence-corrected chi connectivity index (χ0v) is 10.2. The van der Waals surface area contributed by atoms with Gasteiger partial charge in [-0.25, -0.2) is 0 Å². The Morgan fingerprint density at radius 2 is 2.06 bits per heavy atom. The van der Waals surface area contributed by atoms with Gasteiger partial charge in [-0.1, -0.05) is 0 Å². The van der Waals surface area contributed by atoms with Crippen molar-refractivity contribution in [3.05, 3.63) is 0 Å². The molecular weight excluding hydrogens is 204 g/mol. The maximum Gasteiger partial charge on any atom is 0.237 e. The molecule has 2 fully saturated rings. The smallest absolute Gasteiger partial charge is 0.237 e. The standard InChI is InChI=1S/C12H22N2O2/c1-8-7-11(5-6-16-8)13-9(2)12(15)14-10-3-4-10/h8-11,13H,3-7H2,1-2H3,(H,14,15). The van der Waals surface area contributed by atoms with Crippen LogP contribution < -0.4 is 10.6 Å². The Morgan fingerprint density at radius 1 is 1.31 bits per heavy atom. The molecule has 1 amide bonds. The Labute approximate surface area is 97.1 Å². The van der Waals surface area contributed by atoms with Crippen LogP contribution in [0.4, 0.5) is 0 Å². The highest BCUT2D eigenvalue weighted by Gasteiger charge is 2.27. The summed E-state index contributed by atoms with van der Waals surface area (Å²) >= 11 is 0. The number of carbonyl (C=O) groups is 1. The van der Waals surface area contributed by atoms with Gasteiger partial charge < -0.3 is 15.4 Å². The lowest BCUT2D eigenvalue weighted by Gasteiger charge is -2.30. The van der Waals surface area contributed by atoms with Gasteiger partial charge in [0, 0.05) is 18.7 Å². The van der Waals surface area contributed by atoms with E-state index in [2.05, 4.69) is 17.6 Å². The van der Waals surface area contributed by atoms with Gasteiger partial charge in [0.15, 0.2) is 0 Å². The van der Waals surface area contributed by atoms with Crippen LogP contribution in [0.5, 0.6) is 0 Å². The normalized spacial score (nSPS) is 32.1. The van der Waals surface area contributed by atoms with Crippen LogP contribution in [0.2, 0.25) is 0 Å². The van der Waals surface area contributed by atoms with E-state index in [0.29, 0.717) is 18.2 Å². The Morgan fingerprint density at radius 3 is 2.69 bits per heavy atom. The molecule has 0 aromatic heterocycles. The van der Waals surface area contributed by atoms with Gasteiger partial charge in [-0.3, -0.25) is 4.79 Å². The van der Waals surface area contributed by atoms with E-state index < -0.39 is 0 Å². The lowest BCUT2D eigenvalue weighted by Crippen LogP contribution is -2.49. The number of carbonyl (C=O) groups excluding carboxylic acids is 1. The molecule has 2 N–H and O–H groups in total. The van der Waals surface area contributed by atoms with Gasteiger partial charge in [0.25, 0.3) is 0 Å². The summed E-state index contributed by atoms with van der Waals surface area (Å²) < 4.78 is 5.48. The van der Waals surface area contributed by atoms with Gasteiger partial charge in [-0.05, 0) is 39.5 Å². The van der Waals surface area contributed by atoms with Gasteiger partial charge in [-0.15, -0.1) is 0 Å². The average molecular weight is 226 g/mol. The van der Waals surface area contributed by atoms with Crippen LogP contribution in [-0.4, -0.2) is 36.7 Å². The molecule has 0 aromatic carbocycles. The third kappa shape index (κ3) is 3.46. The zero-order valence-electron chi connectivity index (χ0n) is 10.2. The third-order valence-electron chi connectivity index (χ3n) is 3.29. The minimum atomic E-state index is -0.0871. The van der Waals surface area contributed by atoms with E-state index in [4.69, 9.17) is 4.74 Å². The molecule has 4 nitrogen and oxygen atoms in total. The minimum absolute atomic E-state index is 0.0871. The molecule has 0 bridgehead atoms. The Balaban J connectivity index is 1.72. The first kappa shape index (κ1) is 11.9. The Bertz CT molecular complexity index is 253. The van der Waals surface area contributed by atoms with Crippen molar-refractivity contribution in [3.63, 3.8) is 0 Å². The van der Waals surface area contributed by atoms with Crippen LogP contribution >= 0.6 is 0 Å². The van der Waals surface area contributed by atoms with E-state index in [9.17, 15) is 4.79 Å². The second-order valence-corrected chi connectivity index (χ2v) is 5.07. The summed E-state index contributed by atoms with van der Waals surface area (Å²) in [5.74, 6) is 0.140. The van der Waals surface area contributed by atoms with Crippen LogP contribution in [0.1, 0.15) is 39.5 Å². The van der Waals surface area contributed by atoms with E-state index in [-0.39, 0.29) is 11.9 Å². The van der Waals surface area contributed by atoms with Crippen molar-refractivity contribution in [1.29, 1.82) is 0 Å². The van der Waals surface area contributed by atoms with Gasteiger partial charge in [0.05, 0.1) is 12.1 Å². The molecule has 0 spiro atoms. The summed E-state index contributed by atoms with van der Waals surface area (Å²) in [4.78, 5) is 11.7.